The lowest BCUT2D eigenvalue weighted by Gasteiger charge is -2.06. The third-order valence-electron chi connectivity index (χ3n) is 3.36. The number of rotatable bonds is 8. The molecule has 136 valence electrons. The Hall–Kier alpha value is -2.13. The number of carboxylic acids is 1. The van der Waals surface area contributed by atoms with Crippen LogP contribution in [0.25, 0.3) is 0 Å². The third-order valence-corrected chi connectivity index (χ3v) is 3.79. The summed E-state index contributed by atoms with van der Waals surface area (Å²) >= 11 is 6.10. The maximum absolute atomic E-state index is 13.7. The van der Waals surface area contributed by atoms with Gasteiger partial charge < -0.3 is 10.4 Å². The number of alkyl halides is 2. The van der Waals surface area contributed by atoms with E-state index in [-0.39, 0.29) is 41.5 Å². The van der Waals surface area contributed by atoms with Crippen LogP contribution in [-0.2, 0) is 13.0 Å². The van der Waals surface area contributed by atoms with Gasteiger partial charge in [0.1, 0.15) is 16.8 Å². The molecule has 2 N–H and O–H groups in total. The summed E-state index contributed by atoms with van der Waals surface area (Å²) in [5.41, 5.74) is -0.280. The van der Waals surface area contributed by atoms with E-state index in [9.17, 15) is 27.5 Å². The van der Waals surface area contributed by atoms with Crippen molar-refractivity contribution in [1.29, 1.82) is 0 Å². The molecule has 0 amide bonds. The predicted molar refractivity (Wildman–Crippen MR) is 82.2 cm³/mol. The van der Waals surface area contributed by atoms with E-state index in [4.69, 9.17) is 11.6 Å². The first-order chi connectivity index (χ1) is 11.8. The van der Waals surface area contributed by atoms with Gasteiger partial charge in [0.25, 0.3) is 6.43 Å². The Morgan fingerprint density at radius 1 is 1.36 bits per heavy atom. The van der Waals surface area contributed by atoms with Crippen LogP contribution in [0.2, 0.25) is 5.15 Å². The smallest absolute Gasteiger partial charge is 0.356 e. The highest BCUT2D eigenvalue weighted by Crippen LogP contribution is 2.23. The maximum atomic E-state index is 13.7. The van der Waals surface area contributed by atoms with Crippen LogP contribution in [0.4, 0.5) is 17.6 Å². The summed E-state index contributed by atoms with van der Waals surface area (Å²) in [7, 11) is 0. The van der Waals surface area contributed by atoms with Gasteiger partial charge in [0.05, 0.1) is 13.1 Å². The summed E-state index contributed by atoms with van der Waals surface area (Å²) in [5.74, 6) is -2.70. The summed E-state index contributed by atoms with van der Waals surface area (Å²) in [6, 6.07) is 2.85. The fraction of sp³-hybridized carbons (Fsp3) is 0.333. The van der Waals surface area contributed by atoms with Gasteiger partial charge in [-0.25, -0.2) is 27.0 Å². The third kappa shape index (κ3) is 4.93. The lowest BCUT2D eigenvalue weighted by atomic mass is 10.2. The predicted octanol–water partition coefficient (Wildman–Crippen LogP) is 2.96. The summed E-state index contributed by atoms with van der Waals surface area (Å²) in [4.78, 5) is 11.3. The Bertz CT molecular complexity index is 767. The van der Waals surface area contributed by atoms with E-state index in [1.54, 1.807) is 0 Å². The molecule has 0 aliphatic heterocycles. The Morgan fingerprint density at radius 2 is 2.08 bits per heavy atom. The average molecular weight is 380 g/mol. The van der Waals surface area contributed by atoms with E-state index < -0.39 is 30.6 Å². The zero-order valence-corrected chi connectivity index (χ0v) is 13.5. The van der Waals surface area contributed by atoms with Crippen LogP contribution >= 0.6 is 11.6 Å². The largest absolute Gasteiger partial charge is 0.476 e. The minimum atomic E-state index is -2.53. The highest BCUT2D eigenvalue weighted by Gasteiger charge is 2.22. The van der Waals surface area contributed by atoms with Gasteiger partial charge in [-0.2, -0.15) is 5.10 Å². The van der Waals surface area contributed by atoms with Gasteiger partial charge in [0.15, 0.2) is 5.69 Å². The van der Waals surface area contributed by atoms with Crippen LogP contribution in [0.1, 0.15) is 21.6 Å². The van der Waals surface area contributed by atoms with Gasteiger partial charge in [-0.15, -0.1) is 0 Å². The van der Waals surface area contributed by atoms with Crippen LogP contribution < -0.4 is 5.32 Å². The molecule has 0 unspecified atom stereocenters. The number of nitrogens with one attached hydrogen (secondary N) is 1. The van der Waals surface area contributed by atoms with Crippen molar-refractivity contribution in [2.75, 3.05) is 13.1 Å². The van der Waals surface area contributed by atoms with Gasteiger partial charge in [-0.3, -0.25) is 0 Å². The molecule has 2 rings (SSSR count). The number of nitrogens with zero attached hydrogens (tertiary/aromatic N) is 2. The number of benzene rings is 1. The Kier molecular flexibility index (Phi) is 6.38. The maximum Gasteiger partial charge on any atom is 0.356 e. The Balaban J connectivity index is 2.23. The van der Waals surface area contributed by atoms with Gasteiger partial charge in [-0.05, 0) is 31.2 Å². The minimum Gasteiger partial charge on any atom is -0.476 e. The number of halogens is 5. The molecule has 1 aromatic heterocycles. The second-order valence-corrected chi connectivity index (χ2v) is 5.52. The van der Waals surface area contributed by atoms with Crippen molar-refractivity contribution in [3.05, 3.63) is 51.8 Å². The molecule has 10 heteroatoms. The topological polar surface area (TPSA) is 67.1 Å². The lowest BCUT2D eigenvalue weighted by molar-refractivity contribution is 0.0688. The monoisotopic (exact) mass is 379 g/mol. The number of aromatic nitrogens is 2. The average Bonchev–Trinajstić information content (AvgIpc) is 2.84. The van der Waals surface area contributed by atoms with E-state index in [0.717, 1.165) is 22.9 Å². The van der Waals surface area contributed by atoms with E-state index in [1.165, 1.54) is 0 Å². The molecule has 0 spiro atoms. The quantitative estimate of drug-likeness (QED) is 0.546. The molecule has 0 atom stereocenters. The van der Waals surface area contributed by atoms with Crippen LogP contribution in [0.3, 0.4) is 0 Å². The van der Waals surface area contributed by atoms with Crippen molar-refractivity contribution in [1.82, 2.24) is 15.1 Å². The van der Waals surface area contributed by atoms with E-state index in [2.05, 4.69) is 10.4 Å². The molecule has 1 aromatic carbocycles. The first kappa shape index (κ1) is 19.2. The van der Waals surface area contributed by atoms with E-state index in [1.807, 2.05) is 0 Å². The van der Waals surface area contributed by atoms with Gasteiger partial charge in [0, 0.05) is 11.1 Å². The van der Waals surface area contributed by atoms with Crippen molar-refractivity contribution in [2.24, 2.45) is 0 Å². The van der Waals surface area contributed by atoms with Crippen LogP contribution in [0, 0.1) is 11.6 Å². The Morgan fingerprint density at radius 3 is 2.72 bits per heavy atom. The molecule has 0 radical (unpaired) electrons. The zero-order valence-electron chi connectivity index (χ0n) is 12.8. The fourth-order valence-electron chi connectivity index (χ4n) is 2.23. The highest BCUT2D eigenvalue weighted by molar-refractivity contribution is 6.30. The van der Waals surface area contributed by atoms with Crippen molar-refractivity contribution in [3.63, 3.8) is 0 Å². The molecule has 0 saturated heterocycles. The number of hydrogen-bond donors (Lipinski definition) is 2. The minimum absolute atomic E-state index is 0.0405. The van der Waals surface area contributed by atoms with E-state index in [0.29, 0.717) is 0 Å². The molecule has 2 aromatic rings. The summed E-state index contributed by atoms with van der Waals surface area (Å²) in [6.45, 7) is -0.750. The first-order valence-electron chi connectivity index (χ1n) is 7.21. The lowest BCUT2D eigenvalue weighted by Crippen LogP contribution is -2.24. The normalized spacial score (nSPS) is 11.3. The SMILES string of the molecule is O=C(O)c1nn(Cc2cc(F)ccc2F)c(Cl)c1CCNCC(F)F. The standard InChI is InChI=1S/C15H14ClF4N3O2/c16-14-10(3-4-21-6-12(19)20)13(15(24)25)22-23(14)7-8-5-9(17)1-2-11(8)18/h1-2,5,12,21H,3-4,6-7H2,(H,24,25). The van der Waals surface area contributed by atoms with Crippen LogP contribution in [-0.4, -0.2) is 40.4 Å². The van der Waals surface area contributed by atoms with Gasteiger partial charge in [0.2, 0.25) is 0 Å². The van der Waals surface area contributed by atoms with Crippen molar-refractivity contribution >= 4 is 17.6 Å². The molecular weight excluding hydrogens is 366 g/mol. The van der Waals surface area contributed by atoms with Crippen LogP contribution in [0.5, 0.6) is 0 Å². The highest BCUT2D eigenvalue weighted by atomic mass is 35.5. The summed E-state index contributed by atoms with van der Waals surface area (Å²) in [6.07, 6.45) is -2.49. The van der Waals surface area contributed by atoms with E-state index >= 15 is 0 Å². The second kappa shape index (κ2) is 8.30. The molecule has 25 heavy (non-hydrogen) atoms. The van der Waals surface area contributed by atoms with Crippen LogP contribution in [0.15, 0.2) is 18.2 Å². The number of hydrogen-bond acceptors (Lipinski definition) is 3. The summed E-state index contributed by atoms with van der Waals surface area (Å²) < 4.78 is 52.2. The van der Waals surface area contributed by atoms with Gasteiger partial charge >= 0.3 is 5.97 Å². The molecular formula is C15H14ClF4N3O2. The zero-order chi connectivity index (χ0) is 18.6. The van der Waals surface area contributed by atoms with Crippen molar-refractivity contribution in [2.45, 2.75) is 19.4 Å². The molecule has 1 heterocycles. The fourth-order valence-corrected chi connectivity index (χ4v) is 2.51. The summed E-state index contributed by atoms with van der Waals surface area (Å²) in [5, 5.41) is 15.4. The number of carboxylic acid groups (broad SMARTS) is 1. The second-order valence-electron chi connectivity index (χ2n) is 5.16. The molecule has 0 aliphatic carbocycles. The van der Waals surface area contributed by atoms with Crippen molar-refractivity contribution in [3.8, 4) is 0 Å². The van der Waals surface area contributed by atoms with Gasteiger partial charge in [-0.1, -0.05) is 11.6 Å². The Labute approximate surface area is 145 Å². The number of carbonyl (C=O) groups is 1. The van der Waals surface area contributed by atoms with Crippen molar-refractivity contribution < 1.29 is 27.5 Å². The molecule has 0 bridgehead atoms. The molecule has 0 fully saturated rings. The molecule has 5 nitrogen and oxygen atoms in total. The molecule has 0 aliphatic rings. The molecule has 0 saturated carbocycles. The number of aromatic carboxylic acids is 1. The first-order valence-corrected chi connectivity index (χ1v) is 7.58.